The number of halogens is 3. The van der Waals surface area contributed by atoms with Crippen molar-refractivity contribution in [1.82, 2.24) is 4.98 Å². The molecule has 22 heavy (non-hydrogen) atoms. The molecule has 0 amide bonds. The lowest BCUT2D eigenvalue weighted by Gasteiger charge is -2.11. The van der Waals surface area contributed by atoms with Crippen LogP contribution < -0.4 is 10.2 Å². The van der Waals surface area contributed by atoms with Crippen molar-refractivity contribution in [3.63, 3.8) is 0 Å². The second kappa shape index (κ2) is 5.22. The number of rotatable bonds is 2. The fourth-order valence-corrected chi connectivity index (χ4v) is 2.16. The molecule has 1 N–H and O–H groups in total. The van der Waals surface area contributed by atoms with E-state index in [2.05, 4.69) is 4.98 Å². The van der Waals surface area contributed by atoms with Gasteiger partial charge in [0.1, 0.15) is 5.75 Å². The van der Waals surface area contributed by atoms with Crippen LogP contribution in [0.3, 0.4) is 0 Å². The molecule has 0 saturated carbocycles. The minimum Gasteiger partial charge on any atom is -0.452 e. The van der Waals surface area contributed by atoms with E-state index in [9.17, 15) is 18.0 Å². The zero-order valence-corrected chi connectivity index (χ0v) is 11.1. The van der Waals surface area contributed by atoms with Gasteiger partial charge in [-0.05, 0) is 24.3 Å². The molecule has 3 nitrogen and oxygen atoms in total. The Morgan fingerprint density at radius 3 is 2.36 bits per heavy atom. The quantitative estimate of drug-likeness (QED) is 0.765. The number of aromatic amines is 1. The molecule has 3 aromatic rings. The zero-order valence-electron chi connectivity index (χ0n) is 11.1. The lowest BCUT2D eigenvalue weighted by Crippen LogP contribution is -2.11. The summed E-state index contributed by atoms with van der Waals surface area (Å²) in [5, 5.41) is -0.0664. The van der Waals surface area contributed by atoms with E-state index in [1.54, 1.807) is 30.3 Å². The van der Waals surface area contributed by atoms with E-state index in [0.717, 1.165) is 12.3 Å². The third-order valence-corrected chi connectivity index (χ3v) is 3.16. The number of ether oxygens (including phenoxy) is 1. The molecule has 0 aliphatic carbocycles. The van der Waals surface area contributed by atoms with Gasteiger partial charge in [-0.1, -0.05) is 24.3 Å². The Labute approximate surface area is 123 Å². The van der Waals surface area contributed by atoms with Crippen LogP contribution in [0.5, 0.6) is 11.5 Å². The third kappa shape index (κ3) is 2.55. The van der Waals surface area contributed by atoms with Gasteiger partial charge in [0, 0.05) is 6.20 Å². The first kappa shape index (κ1) is 14.2. The van der Waals surface area contributed by atoms with Gasteiger partial charge < -0.3 is 9.72 Å². The van der Waals surface area contributed by atoms with Crippen LogP contribution >= 0.6 is 0 Å². The van der Waals surface area contributed by atoms with Crippen LogP contribution in [0.25, 0.3) is 10.9 Å². The summed E-state index contributed by atoms with van der Waals surface area (Å²) < 4.78 is 44.2. The van der Waals surface area contributed by atoms with E-state index >= 15 is 0 Å². The van der Waals surface area contributed by atoms with Crippen LogP contribution in [0.2, 0.25) is 0 Å². The largest absolute Gasteiger partial charge is 0.452 e. The van der Waals surface area contributed by atoms with Crippen LogP contribution in [0.15, 0.2) is 59.5 Å². The Hall–Kier alpha value is -2.76. The highest BCUT2D eigenvalue weighted by atomic mass is 19.4. The second-order valence-electron chi connectivity index (χ2n) is 4.62. The number of hydrogen-bond acceptors (Lipinski definition) is 2. The molecule has 0 aliphatic heterocycles. The summed E-state index contributed by atoms with van der Waals surface area (Å²) in [6.07, 6.45) is -3.39. The van der Waals surface area contributed by atoms with Gasteiger partial charge >= 0.3 is 6.18 Å². The smallest absolute Gasteiger partial charge is 0.418 e. The molecule has 0 unspecified atom stereocenters. The van der Waals surface area contributed by atoms with E-state index in [-0.39, 0.29) is 16.7 Å². The monoisotopic (exact) mass is 305 g/mol. The van der Waals surface area contributed by atoms with Crippen LogP contribution in [-0.2, 0) is 6.18 Å². The molecule has 1 heterocycles. The van der Waals surface area contributed by atoms with E-state index in [1.807, 2.05) is 0 Å². The van der Waals surface area contributed by atoms with Gasteiger partial charge in [0.05, 0.1) is 16.5 Å². The Morgan fingerprint density at radius 2 is 1.68 bits per heavy atom. The Balaban J connectivity index is 2.13. The summed E-state index contributed by atoms with van der Waals surface area (Å²) in [5.41, 5.74) is -1.72. The van der Waals surface area contributed by atoms with Gasteiger partial charge in [-0.3, -0.25) is 4.79 Å². The van der Waals surface area contributed by atoms with Crippen LogP contribution in [-0.4, -0.2) is 4.98 Å². The van der Waals surface area contributed by atoms with E-state index < -0.39 is 17.2 Å². The van der Waals surface area contributed by atoms with E-state index in [1.165, 1.54) is 12.1 Å². The van der Waals surface area contributed by atoms with Crippen LogP contribution in [0, 0.1) is 0 Å². The fraction of sp³-hybridized carbons (Fsp3) is 0.0625. The number of alkyl halides is 3. The minimum absolute atomic E-state index is 0.0574. The molecule has 3 rings (SSSR count). The van der Waals surface area contributed by atoms with Gasteiger partial charge in [-0.25, -0.2) is 0 Å². The highest BCUT2D eigenvalue weighted by Crippen LogP contribution is 2.33. The summed E-state index contributed by atoms with van der Waals surface area (Å²) in [5.74, 6) is 0.373. The van der Waals surface area contributed by atoms with Crippen molar-refractivity contribution in [3.8, 4) is 11.5 Å². The molecular formula is C16H10F3NO2. The van der Waals surface area contributed by atoms with Crippen molar-refractivity contribution in [1.29, 1.82) is 0 Å². The van der Waals surface area contributed by atoms with Gasteiger partial charge in [0.25, 0.3) is 0 Å². The van der Waals surface area contributed by atoms with Gasteiger partial charge in [0.2, 0.25) is 5.43 Å². The number of para-hydroxylation sites is 2. The van der Waals surface area contributed by atoms with E-state index in [4.69, 9.17) is 4.74 Å². The topological polar surface area (TPSA) is 42.1 Å². The molecular weight excluding hydrogens is 295 g/mol. The third-order valence-electron chi connectivity index (χ3n) is 3.16. The zero-order chi connectivity index (χ0) is 15.7. The van der Waals surface area contributed by atoms with Crippen molar-refractivity contribution in [2.75, 3.05) is 0 Å². The molecule has 2 aromatic carbocycles. The first-order chi connectivity index (χ1) is 10.5. The predicted molar refractivity (Wildman–Crippen MR) is 76.1 cm³/mol. The first-order valence-electron chi connectivity index (χ1n) is 6.41. The lowest BCUT2D eigenvalue weighted by molar-refractivity contribution is -0.136. The number of fused-ring (bicyclic) bond motifs is 1. The van der Waals surface area contributed by atoms with Crippen molar-refractivity contribution >= 4 is 10.9 Å². The van der Waals surface area contributed by atoms with Crippen LogP contribution in [0.4, 0.5) is 13.2 Å². The fourth-order valence-electron chi connectivity index (χ4n) is 2.16. The average Bonchev–Trinajstić information content (AvgIpc) is 2.50. The normalized spacial score (nSPS) is 11.6. The Bertz CT molecular complexity index is 870. The summed E-state index contributed by atoms with van der Waals surface area (Å²) in [4.78, 5) is 14.8. The number of H-pyrrole nitrogens is 1. The first-order valence-corrected chi connectivity index (χ1v) is 6.41. The van der Waals surface area contributed by atoms with Gasteiger partial charge in [-0.15, -0.1) is 0 Å². The second-order valence-corrected chi connectivity index (χ2v) is 4.62. The SMILES string of the molecule is O=c1c(Oc2ccccc2)c[nH]c2c(C(F)(F)F)cccc12. The summed E-state index contributed by atoms with van der Waals surface area (Å²) >= 11 is 0. The molecule has 0 fully saturated rings. The maximum atomic E-state index is 12.9. The number of nitrogens with one attached hydrogen (secondary N) is 1. The summed E-state index contributed by atoms with van der Waals surface area (Å²) in [7, 11) is 0. The highest BCUT2D eigenvalue weighted by Gasteiger charge is 2.33. The predicted octanol–water partition coefficient (Wildman–Crippen LogP) is 4.34. The molecule has 0 radical (unpaired) electrons. The van der Waals surface area contributed by atoms with Crippen molar-refractivity contribution in [3.05, 3.63) is 70.5 Å². The van der Waals surface area contributed by atoms with E-state index in [0.29, 0.717) is 5.75 Å². The number of aromatic nitrogens is 1. The van der Waals surface area contributed by atoms with Crippen molar-refractivity contribution in [2.24, 2.45) is 0 Å². The number of pyridine rings is 1. The van der Waals surface area contributed by atoms with Gasteiger partial charge in [0.15, 0.2) is 5.75 Å². The summed E-state index contributed by atoms with van der Waals surface area (Å²) in [6.45, 7) is 0. The standard InChI is InChI=1S/C16H10F3NO2/c17-16(18,19)12-8-4-7-11-14(12)20-9-13(15(11)21)22-10-5-2-1-3-6-10/h1-9H,(H,20,21). The Morgan fingerprint density at radius 1 is 0.955 bits per heavy atom. The molecule has 112 valence electrons. The van der Waals surface area contributed by atoms with Crippen molar-refractivity contribution in [2.45, 2.75) is 6.18 Å². The average molecular weight is 305 g/mol. The maximum absolute atomic E-state index is 12.9. The molecule has 0 aliphatic rings. The highest BCUT2D eigenvalue weighted by molar-refractivity contribution is 5.83. The van der Waals surface area contributed by atoms with Crippen LogP contribution in [0.1, 0.15) is 5.56 Å². The molecule has 0 bridgehead atoms. The number of hydrogen-bond donors (Lipinski definition) is 1. The molecule has 0 saturated heterocycles. The van der Waals surface area contributed by atoms with Crippen molar-refractivity contribution < 1.29 is 17.9 Å². The Kier molecular flexibility index (Phi) is 3.36. The minimum atomic E-state index is -4.54. The molecule has 6 heteroatoms. The van der Waals surface area contributed by atoms with Gasteiger partial charge in [-0.2, -0.15) is 13.2 Å². The molecule has 0 atom stereocenters. The molecule has 1 aromatic heterocycles. The maximum Gasteiger partial charge on any atom is 0.418 e. The lowest BCUT2D eigenvalue weighted by atomic mass is 10.1. The number of benzene rings is 2. The molecule has 0 spiro atoms. The summed E-state index contributed by atoms with van der Waals surface area (Å²) in [6, 6.07) is 12.0.